The van der Waals surface area contributed by atoms with Crippen LogP contribution in [0.15, 0.2) is 29.3 Å². The van der Waals surface area contributed by atoms with Gasteiger partial charge in [0.05, 0.1) is 23.8 Å². The molecule has 0 unspecified atom stereocenters. The van der Waals surface area contributed by atoms with Gasteiger partial charge in [0.1, 0.15) is 0 Å². The topological polar surface area (TPSA) is 73.2 Å². The van der Waals surface area contributed by atoms with Gasteiger partial charge >= 0.3 is 0 Å². The van der Waals surface area contributed by atoms with Crippen molar-refractivity contribution >= 4 is 16.8 Å². The number of aromatic nitrogens is 2. The van der Waals surface area contributed by atoms with Crippen LogP contribution in [0.1, 0.15) is 18.9 Å². The number of hydrogen-bond donors (Lipinski definition) is 1. The summed E-state index contributed by atoms with van der Waals surface area (Å²) < 4.78 is 6.44. The molecule has 0 bridgehead atoms. The van der Waals surface area contributed by atoms with E-state index in [2.05, 4.69) is 10.3 Å². The molecule has 0 fully saturated rings. The fraction of sp³-hybridized carbons (Fsp3) is 0.438. The van der Waals surface area contributed by atoms with Crippen LogP contribution in [0.3, 0.4) is 0 Å². The summed E-state index contributed by atoms with van der Waals surface area (Å²) in [6, 6.07) is 5.47. The zero-order valence-corrected chi connectivity index (χ0v) is 13.1. The van der Waals surface area contributed by atoms with Gasteiger partial charge in [-0.2, -0.15) is 0 Å². The van der Waals surface area contributed by atoms with Crippen LogP contribution in [-0.4, -0.2) is 35.2 Å². The first-order valence-electron chi connectivity index (χ1n) is 7.26. The van der Waals surface area contributed by atoms with Gasteiger partial charge in [0, 0.05) is 26.1 Å². The Morgan fingerprint density at radius 1 is 1.45 bits per heavy atom. The summed E-state index contributed by atoms with van der Waals surface area (Å²) in [5.74, 6) is -0.110. The summed E-state index contributed by atoms with van der Waals surface area (Å²) in [6.07, 6.45) is 1.73. The zero-order chi connectivity index (χ0) is 16.1. The molecule has 1 N–H and O–H groups in total. The number of carbonyl (C=O) groups excluding carboxylic acids is 1. The lowest BCUT2D eigenvalue weighted by Gasteiger charge is -2.13. The van der Waals surface area contributed by atoms with Gasteiger partial charge in [-0.3, -0.25) is 14.2 Å². The number of nitrogens with zero attached hydrogens (tertiary/aromatic N) is 2. The minimum atomic E-state index is -0.119. The number of para-hydroxylation sites is 1. The first-order valence-corrected chi connectivity index (χ1v) is 7.26. The highest BCUT2D eigenvalue weighted by atomic mass is 16.5. The Kier molecular flexibility index (Phi) is 5.27. The monoisotopic (exact) mass is 303 g/mol. The summed E-state index contributed by atoms with van der Waals surface area (Å²) in [5, 5.41) is 3.40. The standard InChI is InChI=1S/C16H21N3O3/c1-11-5-4-6-13-15(11)17-10-19(16(13)21)8-7-14(20)18-12(2)9-22-3/h4-6,10,12H,7-9H2,1-3H3,(H,18,20)/t12-/m0/s1. The minimum Gasteiger partial charge on any atom is -0.383 e. The average molecular weight is 303 g/mol. The van der Waals surface area contributed by atoms with Crippen molar-refractivity contribution in [1.29, 1.82) is 0 Å². The SMILES string of the molecule is COC[C@H](C)NC(=O)CCn1cnc2c(C)cccc2c1=O. The van der Waals surface area contributed by atoms with E-state index in [4.69, 9.17) is 4.74 Å². The fourth-order valence-corrected chi connectivity index (χ4v) is 2.36. The Labute approximate surface area is 129 Å². The van der Waals surface area contributed by atoms with E-state index in [-0.39, 0.29) is 23.9 Å². The molecule has 1 aromatic heterocycles. The summed E-state index contributed by atoms with van der Waals surface area (Å²) >= 11 is 0. The maximum Gasteiger partial charge on any atom is 0.261 e. The molecule has 2 aromatic rings. The van der Waals surface area contributed by atoms with Crippen LogP contribution in [0, 0.1) is 6.92 Å². The predicted octanol–water partition coefficient (Wildman–Crippen LogP) is 1.25. The van der Waals surface area contributed by atoms with E-state index in [1.165, 1.54) is 10.9 Å². The van der Waals surface area contributed by atoms with Gasteiger partial charge in [-0.1, -0.05) is 12.1 Å². The summed E-state index contributed by atoms with van der Waals surface area (Å²) in [7, 11) is 1.59. The minimum absolute atomic E-state index is 0.0494. The van der Waals surface area contributed by atoms with E-state index in [1.54, 1.807) is 13.2 Å². The van der Waals surface area contributed by atoms with Crippen LogP contribution in [-0.2, 0) is 16.1 Å². The van der Waals surface area contributed by atoms with Gasteiger partial charge in [-0.25, -0.2) is 4.98 Å². The molecule has 0 aliphatic carbocycles. The average Bonchev–Trinajstić information content (AvgIpc) is 2.47. The van der Waals surface area contributed by atoms with E-state index in [0.29, 0.717) is 24.1 Å². The number of fused-ring (bicyclic) bond motifs is 1. The molecule has 6 heteroatoms. The number of methoxy groups -OCH3 is 1. The van der Waals surface area contributed by atoms with Crippen LogP contribution in [0.5, 0.6) is 0 Å². The number of carbonyl (C=O) groups is 1. The van der Waals surface area contributed by atoms with Crippen molar-refractivity contribution < 1.29 is 9.53 Å². The molecule has 0 spiro atoms. The number of aryl methyl sites for hydroxylation is 2. The third-order valence-corrected chi connectivity index (χ3v) is 3.46. The molecule has 1 amide bonds. The van der Waals surface area contributed by atoms with Crippen LogP contribution in [0.25, 0.3) is 10.9 Å². The zero-order valence-electron chi connectivity index (χ0n) is 13.1. The van der Waals surface area contributed by atoms with Gasteiger partial charge in [-0.15, -0.1) is 0 Å². The molecule has 0 saturated carbocycles. The van der Waals surface area contributed by atoms with Crippen molar-refractivity contribution in [2.24, 2.45) is 0 Å². The highest BCUT2D eigenvalue weighted by Crippen LogP contribution is 2.11. The normalized spacial score (nSPS) is 12.3. The van der Waals surface area contributed by atoms with E-state index in [0.717, 1.165) is 5.56 Å². The maximum atomic E-state index is 12.4. The summed E-state index contributed by atoms with van der Waals surface area (Å²) in [6.45, 7) is 4.56. The van der Waals surface area contributed by atoms with Crippen molar-refractivity contribution in [3.63, 3.8) is 0 Å². The number of benzene rings is 1. The largest absolute Gasteiger partial charge is 0.383 e. The quantitative estimate of drug-likeness (QED) is 0.871. The van der Waals surface area contributed by atoms with Gasteiger partial charge in [0.15, 0.2) is 0 Å². The van der Waals surface area contributed by atoms with Crippen molar-refractivity contribution in [2.75, 3.05) is 13.7 Å². The first kappa shape index (κ1) is 16.2. The Hall–Kier alpha value is -2.21. The summed E-state index contributed by atoms with van der Waals surface area (Å²) in [4.78, 5) is 28.5. The van der Waals surface area contributed by atoms with Gasteiger partial charge in [-0.05, 0) is 25.5 Å². The third kappa shape index (κ3) is 3.71. The molecule has 0 aliphatic heterocycles. The van der Waals surface area contributed by atoms with E-state index in [9.17, 15) is 9.59 Å². The number of ether oxygens (including phenoxy) is 1. The second-order valence-electron chi connectivity index (χ2n) is 5.39. The lowest BCUT2D eigenvalue weighted by atomic mass is 10.1. The Balaban J connectivity index is 2.08. The Morgan fingerprint density at radius 3 is 2.95 bits per heavy atom. The molecule has 2 rings (SSSR count). The van der Waals surface area contributed by atoms with Gasteiger partial charge in [0.25, 0.3) is 5.56 Å². The van der Waals surface area contributed by atoms with Crippen LogP contribution < -0.4 is 10.9 Å². The molecule has 1 atom stereocenters. The molecule has 0 radical (unpaired) electrons. The highest BCUT2D eigenvalue weighted by molar-refractivity contribution is 5.80. The lowest BCUT2D eigenvalue weighted by Crippen LogP contribution is -2.36. The second-order valence-corrected chi connectivity index (χ2v) is 5.39. The molecule has 0 aliphatic rings. The maximum absolute atomic E-state index is 12.4. The van der Waals surface area contributed by atoms with Gasteiger partial charge < -0.3 is 10.1 Å². The molecule has 0 saturated heterocycles. The summed E-state index contributed by atoms with van der Waals surface area (Å²) in [5.41, 5.74) is 1.56. The van der Waals surface area contributed by atoms with Crippen LogP contribution >= 0.6 is 0 Å². The lowest BCUT2D eigenvalue weighted by molar-refractivity contribution is -0.122. The molecule has 1 heterocycles. The fourth-order valence-electron chi connectivity index (χ4n) is 2.36. The molecular weight excluding hydrogens is 282 g/mol. The molecule has 118 valence electrons. The van der Waals surface area contributed by atoms with Crippen LogP contribution in [0.2, 0.25) is 0 Å². The van der Waals surface area contributed by atoms with Crippen molar-refractivity contribution in [3.8, 4) is 0 Å². The van der Waals surface area contributed by atoms with Crippen LogP contribution in [0.4, 0.5) is 0 Å². The molecular formula is C16H21N3O3. The number of rotatable bonds is 6. The highest BCUT2D eigenvalue weighted by Gasteiger charge is 2.09. The van der Waals surface area contributed by atoms with Gasteiger partial charge in [0.2, 0.25) is 5.91 Å². The van der Waals surface area contributed by atoms with E-state index < -0.39 is 0 Å². The molecule has 1 aromatic carbocycles. The third-order valence-electron chi connectivity index (χ3n) is 3.46. The van der Waals surface area contributed by atoms with E-state index in [1.807, 2.05) is 26.0 Å². The van der Waals surface area contributed by atoms with Crippen molar-refractivity contribution in [3.05, 3.63) is 40.4 Å². The predicted molar refractivity (Wildman–Crippen MR) is 84.8 cm³/mol. The Morgan fingerprint density at radius 2 is 2.23 bits per heavy atom. The van der Waals surface area contributed by atoms with E-state index >= 15 is 0 Å². The smallest absolute Gasteiger partial charge is 0.261 e. The number of nitrogens with one attached hydrogen (secondary N) is 1. The number of hydrogen-bond acceptors (Lipinski definition) is 4. The molecule has 22 heavy (non-hydrogen) atoms. The second kappa shape index (κ2) is 7.17. The number of amides is 1. The van der Waals surface area contributed by atoms with Crippen molar-refractivity contribution in [1.82, 2.24) is 14.9 Å². The molecule has 6 nitrogen and oxygen atoms in total. The van der Waals surface area contributed by atoms with Crippen molar-refractivity contribution in [2.45, 2.75) is 32.9 Å². The Bertz CT molecular complexity index is 724. The first-order chi connectivity index (χ1) is 10.5.